The largest absolute Gasteiger partial charge is 0.392 e. The summed E-state index contributed by atoms with van der Waals surface area (Å²) in [5.74, 6) is 0.621. The first-order valence-electron chi connectivity index (χ1n) is 7.28. The maximum absolute atomic E-state index is 12.2. The Kier molecular flexibility index (Phi) is 3.76. The minimum Gasteiger partial charge on any atom is -0.392 e. The van der Waals surface area contributed by atoms with Gasteiger partial charge in [-0.3, -0.25) is 9.69 Å². The summed E-state index contributed by atoms with van der Waals surface area (Å²) in [7, 11) is 0. The molecule has 6 heteroatoms. The fraction of sp³-hybridized carbons (Fsp3) is 0.714. The van der Waals surface area contributed by atoms with Crippen LogP contribution in [0.1, 0.15) is 35.5 Å². The summed E-state index contributed by atoms with van der Waals surface area (Å²) in [5, 5.41) is 13.4. The van der Waals surface area contributed by atoms with E-state index in [2.05, 4.69) is 10.1 Å². The van der Waals surface area contributed by atoms with Crippen LogP contribution in [0.4, 0.5) is 0 Å². The number of aromatic nitrogens is 1. The second-order valence-electron chi connectivity index (χ2n) is 5.78. The Morgan fingerprint density at radius 2 is 2.10 bits per heavy atom. The predicted molar refractivity (Wildman–Crippen MR) is 72.4 cm³/mol. The molecule has 0 spiro atoms. The molecule has 2 fully saturated rings. The van der Waals surface area contributed by atoms with Gasteiger partial charge in [0.05, 0.1) is 6.10 Å². The lowest BCUT2D eigenvalue weighted by molar-refractivity contribution is 0.0618. The van der Waals surface area contributed by atoms with Gasteiger partial charge in [-0.05, 0) is 26.2 Å². The van der Waals surface area contributed by atoms with Gasteiger partial charge in [0.15, 0.2) is 5.69 Å². The van der Waals surface area contributed by atoms with E-state index in [0.717, 1.165) is 45.4 Å². The van der Waals surface area contributed by atoms with Crippen LogP contribution in [0.15, 0.2) is 10.6 Å². The lowest BCUT2D eigenvalue weighted by Gasteiger charge is -2.36. The molecule has 3 heterocycles. The Bertz CT molecular complexity index is 480. The van der Waals surface area contributed by atoms with Crippen molar-refractivity contribution >= 4 is 5.91 Å². The topological polar surface area (TPSA) is 69.8 Å². The molecule has 1 atom stereocenters. The van der Waals surface area contributed by atoms with E-state index in [4.69, 9.17) is 4.52 Å². The zero-order valence-electron chi connectivity index (χ0n) is 11.8. The van der Waals surface area contributed by atoms with Crippen LogP contribution in [0.3, 0.4) is 0 Å². The summed E-state index contributed by atoms with van der Waals surface area (Å²) in [5.41, 5.74) is 0.401. The van der Waals surface area contributed by atoms with Gasteiger partial charge in [-0.25, -0.2) is 0 Å². The van der Waals surface area contributed by atoms with Crippen molar-refractivity contribution in [2.45, 2.75) is 38.3 Å². The summed E-state index contributed by atoms with van der Waals surface area (Å²) < 4.78 is 4.96. The summed E-state index contributed by atoms with van der Waals surface area (Å²) in [6.07, 6.45) is 2.63. The number of nitrogens with zero attached hydrogens (tertiary/aromatic N) is 3. The van der Waals surface area contributed by atoms with Crippen LogP contribution in [0.25, 0.3) is 0 Å². The Morgan fingerprint density at radius 1 is 1.35 bits per heavy atom. The Morgan fingerprint density at radius 3 is 2.65 bits per heavy atom. The molecule has 110 valence electrons. The first-order valence-corrected chi connectivity index (χ1v) is 7.28. The molecule has 0 aliphatic carbocycles. The minimum absolute atomic E-state index is 0.0400. The lowest BCUT2D eigenvalue weighted by Crippen LogP contribution is -2.46. The average molecular weight is 279 g/mol. The van der Waals surface area contributed by atoms with Crippen molar-refractivity contribution in [2.75, 3.05) is 26.2 Å². The van der Waals surface area contributed by atoms with Crippen LogP contribution in [-0.2, 0) is 0 Å². The fourth-order valence-electron chi connectivity index (χ4n) is 3.16. The third-order valence-electron chi connectivity index (χ3n) is 4.31. The smallest absolute Gasteiger partial charge is 0.276 e. The van der Waals surface area contributed by atoms with Crippen LogP contribution in [-0.4, -0.2) is 64.3 Å². The van der Waals surface area contributed by atoms with Gasteiger partial charge in [-0.1, -0.05) is 5.16 Å². The van der Waals surface area contributed by atoms with Crippen molar-refractivity contribution in [3.05, 3.63) is 17.5 Å². The number of likely N-dealkylation sites (tertiary alicyclic amines) is 2. The molecule has 1 N–H and O–H groups in total. The quantitative estimate of drug-likeness (QED) is 0.861. The van der Waals surface area contributed by atoms with Crippen molar-refractivity contribution in [2.24, 2.45) is 0 Å². The van der Waals surface area contributed by atoms with Gasteiger partial charge in [0.25, 0.3) is 5.91 Å². The molecule has 3 rings (SSSR count). The molecular weight excluding hydrogens is 258 g/mol. The average Bonchev–Trinajstić information content (AvgIpc) is 3.07. The molecule has 20 heavy (non-hydrogen) atoms. The van der Waals surface area contributed by atoms with E-state index in [1.807, 2.05) is 4.90 Å². The Balaban J connectivity index is 1.54. The molecule has 0 radical (unpaired) electrons. The molecule has 2 aliphatic heterocycles. The zero-order chi connectivity index (χ0) is 14.1. The van der Waals surface area contributed by atoms with E-state index in [0.29, 0.717) is 17.5 Å². The van der Waals surface area contributed by atoms with Crippen LogP contribution in [0, 0.1) is 6.92 Å². The molecule has 1 amide bonds. The highest BCUT2D eigenvalue weighted by Crippen LogP contribution is 2.22. The van der Waals surface area contributed by atoms with Crippen LogP contribution in [0.5, 0.6) is 0 Å². The molecule has 0 bridgehead atoms. The SMILES string of the molecule is Cc1cc(C(=O)N2CCC(N3CCC(O)C3)CC2)no1. The standard InChI is InChI=1S/C14H21N3O3/c1-10-8-13(15-20-10)14(19)16-5-2-11(3-6-16)17-7-4-12(18)9-17/h8,11-12,18H,2-7,9H2,1H3. The van der Waals surface area contributed by atoms with Gasteiger partial charge in [-0.2, -0.15) is 0 Å². The second-order valence-corrected chi connectivity index (χ2v) is 5.78. The van der Waals surface area contributed by atoms with Gasteiger partial charge in [0.1, 0.15) is 5.76 Å². The summed E-state index contributed by atoms with van der Waals surface area (Å²) in [6, 6.07) is 2.18. The van der Waals surface area contributed by atoms with Crippen molar-refractivity contribution in [1.82, 2.24) is 15.0 Å². The number of amides is 1. The number of rotatable bonds is 2. The molecule has 0 aromatic carbocycles. The van der Waals surface area contributed by atoms with E-state index in [-0.39, 0.29) is 12.0 Å². The number of piperidine rings is 1. The molecule has 2 saturated heterocycles. The first kappa shape index (κ1) is 13.6. The molecule has 6 nitrogen and oxygen atoms in total. The van der Waals surface area contributed by atoms with Crippen molar-refractivity contribution in [1.29, 1.82) is 0 Å². The van der Waals surface area contributed by atoms with Crippen molar-refractivity contribution in [3.63, 3.8) is 0 Å². The predicted octanol–water partition coefficient (Wildman–Crippen LogP) is 0.654. The fourth-order valence-corrected chi connectivity index (χ4v) is 3.16. The molecular formula is C14H21N3O3. The van der Waals surface area contributed by atoms with E-state index in [1.54, 1.807) is 13.0 Å². The lowest BCUT2D eigenvalue weighted by atomic mass is 10.0. The van der Waals surface area contributed by atoms with Gasteiger partial charge in [0, 0.05) is 38.3 Å². The zero-order valence-corrected chi connectivity index (χ0v) is 11.8. The van der Waals surface area contributed by atoms with E-state index in [1.165, 1.54) is 0 Å². The number of carbonyl (C=O) groups is 1. The molecule has 1 aromatic rings. The number of aryl methyl sites for hydroxylation is 1. The van der Waals surface area contributed by atoms with Crippen LogP contribution in [0.2, 0.25) is 0 Å². The van der Waals surface area contributed by atoms with Crippen LogP contribution >= 0.6 is 0 Å². The summed E-state index contributed by atoms with van der Waals surface area (Å²) >= 11 is 0. The normalized spacial score (nSPS) is 25.3. The summed E-state index contributed by atoms with van der Waals surface area (Å²) in [4.78, 5) is 16.4. The summed E-state index contributed by atoms with van der Waals surface area (Å²) in [6.45, 7) is 5.04. The van der Waals surface area contributed by atoms with Gasteiger partial charge >= 0.3 is 0 Å². The number of carbonyl (C=O) groups excluding carboxylic acids is 1. The maximum atomic E-state index is 12.2. The highest BCUT2D eigenvalue weighted by Gasteiger charge is 2.31. The molecule has 1 aromatic heterocycles. The number of hydrogen-bond acceptors (Lipinski definition) is 5. The minimum atomic E-state index is -0.173. The molecule has 1 unspecified atom stereocenters. The molecule has 0 saturated carbocycles. The van der Waals surface area contributed by atoms with Crippen LogP contribution < -0.4 is 0 Å². The Labute approximate surface area is 118 Å². The highest BCUT2D eigenvalue weighted by atomic mass is 16.5. The third kappa shape index (κ3) is 2.71. The monoisotopic (exact) mass is 279 g/mol. The number of aliphatic hydroxyl groups is 1. The van der Waals surface area contributed by atoms with Gasteiger partial charge in [-0.15, -0.1) is 0 Å². The maximum Gasteiger partial charge on any atom is 0.276 e. The second kappa shape index (κ2) is 5.54. The van der Waals surface area contributed by atoms with Crippen molar-refractivity contribution in [3.8, 4) is 0 Å². The first-order chi connectivity index (χ1) is 9.63. The molecule has 2 aliphatic rings. The van der Waals surface area contributed by atoms with E-state index in [9.17, 15) is 9.90 Å². The van der Waals surface area contributed by atoms with E-state index >= 15 is 0 Å². The van der Waals surface area contributed by atoms with Gasteiger partial charge < -0.3 is 14.5 Å². The number of aliphatic hydroxyl groups excluding tert-OH is 1. The highest BCUT2D eigenvalue weighted by molar-refractivity contribution is 5.92. The Hall–Kier alpha value is -1.40. The van der Waals surface area contributed by atoms with Gasteiger partial charge in [0.2, 0.25) is 0 Å². The number of β-amino-alcohol motifs (C(OH)–C–C–N with tert-alkyl or cyclic N) is 1. The number of hydrogen-bond donors (Lipinski definition) is 1. The third-order valence-corrected chi connectivity index (χ3v) is 4.31. The van der Waals surface area contributed by atoms with Crippen molar-refractivity contribution < 1.29 is 14.4 Å². The van der Waals surface area contributed by atoms with E-state index < -0.39 is 0 Å².